The van der Waals surface area contributed by atoms with E-state index in [-0.39, 0.29) is 12.1 Å². The van der Waals surface area contributed by atoms with Gasteiger partial charge in [0.15, 0.2) is 0 Å². The first-order chi connectivity index (χ1) is 9.38. The van der Waals surface area contributed by atoms with Gasteiger partial charge < -0.3 is 16.2 Å². The minimum atomic E-state index is -1.09. The maximum Gasteiger partial charge on any atom is 0.335 e. The molecule has 20 heavy (non-hydrogen) atoms. The second-order valence-electron chi connectivity index (χ2n) is 4.13. The predicted molar refractivity (Wildman–Crippen MR) is 78.6 cm³/mol. The number of carboxylic acid groups (broad SMARTS) is 1. The Kier molecular flexibility index (Phi) is 4.01. The van der Waals surface area contributed by atoms with Crippen LogP contribution >= 0.6 is 23.2 Å². The van der Waals surface area contributed by atoms with Crippen LogP contribution in [-0.4, -0.2) is 23.5 Å². The molecular weight excluding hydrogens is 303 g/mol. The second-order valence-corrected chi connectivity index (χ2v) is 4.98. The Morgan fingerprint density at radius 2 is 1.90 bits per heavy atom. The van der Waals surface area contributed by atoms with Crippen molar-refractivity contribution in [2.75, 3.05) is 11.9 Å². The minimum absolute atomic E-state index is 0.0582. The molecule has 0 heterocycles. The normalized spacial score (nSPS) is 10.5. The number of anilines is 1. The summed E-state index contributed by atoms with van der Waals surface area (Å²) in [6.45, 7) is -0.128. The van der Waals surface area contributed by atoms with E-state index in [1.807, 2.05) is 0 Å². The summed E-state index contributed by atoms with van der Waals surface area (Å²) in [5, 5.41) is 13.8. The quantitative estimate of drug-likeness (QED) is 0.809. The van der Waals surface area contributed by atoms with Gasteiger partial charge in [0.2, 0.25) is 5.91 Å². The summed E-state index contributed by atoms with van der Waals surface area (Å²) in [7, 11) is 0. The van der Waals surface area contributed by atoms with Crippen LogP contribution in [0.15, 0.2) is 24.3 Å². The van der Waals surface area contributed by atoms with Gasteiger partial charge in [-0.05, 0) is 29.7 Å². The number of hydrogen-bond acceptors (Lipinski definition) is 3. The minimum Gasteiger partial charge on any atom is -0.478 e. The highest BCUT2D eigenvalue weighted by Crippen LogP contribution is 2.34. The molecule has 104 valence electrons. The molecule has 0 saturated carbocycles. The first kappa shape index (κ1) is 14.4. The Balaban J connectivity index is 2.67. The maximum atomic E-state index is 11.1. The van der Waals surface area contributed by atoms with Crippen molar-refractivity contribution < 1.29 is 14.7 Å². The van der Waals surface area contributed by atoms with Gasteiger partial charge in [0.25, 0.3) is 0 Å². The van der Waals surface area contributed by atoms with E-state index in [1.165, 1.54) is 12.1 Å². The second kappa shape index (κ2) is 5.56. The molecule has 0 unspecified atom stereocenters. The molecule has 1 amide bonds. The number of amides is 1. The Labute approximate surface area is 124 Å². The topological polar surface area (TPSA) is 92.4 Å². The van der Waals surface area contributed by atoms with Gasteiger partial charge in [-0.2, -0.15) is 0 Å². The van der Waals surface area contributed by atoms with E-state index in [0.29, 0.717) is 26.5 Å². The van der Waals surface area contributed by atoms with Crippen molar-refractivity contribution >= 4 is 51.5 Å². The lowest BCUT2D eigenvalue weighted by Gasteiger charge is -2.12. The molecule has 0 saturated heterocycles. The van der Waals surface area contributed by atoms with E-state index >= 15 is 0 Å². The van der Waals surface area contributed by atoms with Crippen molar-refractivity contribution in [1.82, 2.24) is 0 Å². The molecule has 0 spiro atoms. The number of primary amides is 1. The van der Waals surface area contributed by atoms with Crippen LogP contribution < -0.4 is 11.1 Å². The Bertz CT molecular complexity index is 716. The fraction of sp³-hybridized carbons (Fsp3) is 0.0769. The number of halogens is 2. The lowest BCUT2D eigenvalue weighted by molar-refractivity contribution is -0.116. The van der Waals surface area contributed by atoms with Crippen LogP contribution in [0.25, 0.3) is 10.8 Å². The molecule has 0 atom stereocenters. The highest BCUT2D eigenvalue weighted by Gasteiger charge is 2.13. The number of nitrogens with one attached hydrogen (secondary N) is 1. The molecule has 0 fully saturated rings. The molecular formula is C13H10Cl2N2O3. The average Bonchev–Trinajstić information content (AvgIpc) is 2.34. The Hall–Kier alpha value is -1.98. The third-order valence-corrected chi connectivity index (χ3v) is 3.18. The van der Waals surface area contributed by atoms with Crippen LogP contribution in [0.4, 0.5) is 5.69 Å². The smallest absolute Gasteiger partial charge is 0.335 e. The van der Waals surface area contributed by atoms with Crippen molar-refractivity contribution in [3.8, 4) is 0 Å². The van der Waals surface area contributed by atoms with Crippen molar-refractivity contribution in [3.05, 3.63) is 39.9 Å². The van der Waals surface area contributed by atoms with E-state index in [2.05, 4.69) is 5.32 Å². The fourth-order valence-corrected chi connectivity index (χ4v) is 2.48. The lowest BCUT2D eigenvalue weighted by Crippen LogP contribution is -2.22. The monoisotopic (exact) mass is 312 g/mol. The SMILES string of the molecule is NC(=O)CNc1cc(C(=O)O)cc2cc(Cl)cc(Cl)c12. The molecule has 7 heteroatoms. The summed E-state index contributed by atoms with van der Waals surface area (Å²) >= 11 is 12.0. The van der Waals surface area contributed by atoms with Gasteiger partial charge in [-0.3, -0.25) is 4.79 Å². The maximum absolute atomic E-state index is 11.1. The van der Waals surface area contributed by atoms with Crippen LogP contribution in [0, 0.1) is 0 Å². The van der Waals surface area contributed by atoms with Gasteiger partial charge in [0.1, 0.15) is 0 Å². The predicted octanol–water partition coefficient (Wildman–Crippen LogP) is 2.74. The number of benzene rings is 2. The summed E-state index contributed by atoms with van der Waals surface area (Å²) in [6.07, 6.45) is 0. The van der Waals surface area contributed by atoms with Crippen LogP contribution in [0.2, 0.25) is 10.0 Å². The number of aromatic carboxylic acids is 1. The molecule has 0 aromatic heterocycles. The van der Waals surface area contributed by atoms with E-state index in [1.54, 1.807) is 12.1 Å². The fourth-order valence-electron chi connectivity index (χ4n) is 1.87. The molecule has 5 nitrogen and oxygen atoms in total. The van der Waals surface area contributed by atoms with Gasteiger partial charge >= 0.3 is 5.97 Å². The van der Waals surface area contributed by atoms with E-state index < -0.39 is 11.9 Å². The molecule has 0 aliphatic carbocycles. The van der Waals surface area contributed by atoms with Crippen molar-refractivity contribution in [2.24, 2.45) is 5.73 Å². The van der Waals surface area contributed by atoms with Gasteiger partial charge in [0.05, 0.1) is 17.1 Å². The number of fused-ring (bicyclic) bond motifs is 1. The van der Waals surface area contributed by atoms with Crippen LogP contribution in [0.3, 0.4) is 0 Å². The zero-order valence-electron chi connectivity index (χ0n) is 10.1. The lowest BCUT2D eigenvalue weighted by atomic mass is 10.0. The molecule has 0 aliphatic rings. The third-order valence-electron chi connectivity index (χ3n) is 2.67. The van der Waals surface area contributed by atoms with Crippen molar-refractivity contribution in [3.63, 3.8) is 0 Å². The summed E-state index contributed by atoms with van der Waals surface area (Å²) in [5.41, 5.74) is 5.55. The summed E-state index contributed by atoms with van der Waals surface area (Å²) < 4.78 is 0. The number of rotatable bonds is 4. The zero-order valence-corrected chi connectivity index (χ0v) is 11.6. The highest BCUT2D eigenvalue weighted by molar-refractivity contribution is 6.39. The first-order valence-electron chi connectivity index (χ1n) is 5.57. The average molecular weight is 313 g/mol. The third kappa shape index (κ3) is 2.95. The number of carboxylic acids is 1. The van der Waals surface area contributed by atoms with Gasteiger partial charge in [-0.1, -0.05) is 23.2 Å². The van der Waals surface area contributed by atoms with Gasteiger partial charge in [-0.15, -0.1) is 0 Å². The Morgan fingerprint density at radius 1 is 1.20 bits per heavy atom. The molecule has 0 aliphatic heterocycles. The Morgan fingerprint density at radius 3 is 2.50 bits per heavy atom. The van der Waals surface area contributed by atoms with E-state index in [4.69, 9.17) is 34.0 Å². The van der Waals surface area contributed by atoms with Crippen LogP contribution in [0.1, 0.15) is 10.4 Å². The zero-order chi connectivity index (χ0) is 14.9. The summed E-state index contributed by atoms with van der Waals surface area (Å²) in [6, 6.07) is 6.00. The number of carbonyl (C=O) groups is 2. The van der Waals surface area contributed by atoms with E-state index in [9.17, 15) is 9.59 Å². The van der Waals surface area contributed by atoms with Crippen LogP contribution in [-0.2, 0) is 4.79 Å². The van der Waals surface area contributed by atoms with Crippen molar-refractivity contribution in [1.29, 1.82) is 0 Å². The molecule has 4 N–H and O–H groups in total. The van der Waals surface area contributed by atoms with E-state index in [0.717, 1.165) is 0 Å². The molecule has 2 aromatic carbocycles. The van der Waals surface area contributed by atoms with Crippen LogP contribution in [0.5, 0.6) is 0 Å². The molecule has 2 rings (SSSR count). The van der Waals surface area contributed by atoms with Gasteiger partial charge in [0, 0.05) is 16.1 Å². The highest BCUT2D eigenvalue weighted by atomic mass is 35.5. The number of nitrogens with two attached hydrogens (primary N) is 1. The molecule has 0 bridgehead atoms. The van der Waals surface area contributed by atoms with Crippen molar-refractivity contribution in [2.45, 2.75) is 0 Å². The first-order valence-corrected chi connectivity index (χ1v) is 6.32. The molecule has 2 aromatic rings. The number of carbonyl (C=O) groups excluding carboxylic acids is 1. The largest absolute Gasteiger partial charge is 0.478 e. The summed E-state index contributed by atoms with van der Waals surface area (Å²) in [4.78, 5) is 22.0. The standard InChI is InChI=1S/C13H10Cl2N2O3/c14-8-2-6-1-7(13(19)20)3-10(17-5-11(16)18)12(6)9(15)4-8/h1-4,17H,5H2,(H2,16,18)(H,19,20). The molecule has 0 radical (unpaired) electrons. The number of hydrogen-bond donors (Lipinski definition) is 3. The summed E-state index contributed by atoms with van der Waals surface area (Å²) in [5.74, 6) is -1.66. The van der Waals surface area contributed by atoms with Gasteiger partial charge in [-0.25, -0.2) is 4.79 Å².